The number of pyridine rings is 2. The van der Waals surface area contributed by atoms with E-state index in [1.807, 2.05) is 25.4 Å². The standard InChI is InChI=1S/C24H16F2N4.C23H21F3N4O2/c1-30-14-20-21(15-2-6-18(25)7-3-15)22(16-10-12-27-13-11-16)23(28-24(20)29-30)17-4-8-19(26)9-5-17;1-13-7-8-15(21(31)28-16-9-10-16)11-19(13)29-22(32)17-12-27-30(14(17)2)20-6-4-3-5-18(20)23(24,25)26/h2-14H,1H3;3-8,11-12,16H,9-10H2,1-2H3,(H,28,31)(H,29,32). The summed E-state index contributed by atoms with van der Waals surface area (Å²) in [7, 11) is 1.83. The Morgan fingerprint density at radius 2 is 1.42 bits per heavy atom. The van der Waals surface area contributed by atoms with Gasteiger partial charge in [0.15, 0.2) is 5.65 Å². The molecule has 62 heavy (non-hydrogen) atoms. The third-order valence-electron chi connectivity index (χ3n) is 10.4. The number of fused-ring (bicyclic) bond motifs is 1. The first-order valence-corrected chi connectivity index (χ1v) is 19.5. The summed E-state index contributed by atoms with van der Waals surface area (Å²) in [6.45, 7) is 3.31. The molecule has 0 bridgehead atoms. The van der Waals surface area contributed by atoms with Crippen LogP contribution in [0.15, 0.2) is 128 Å². The van der Waals surface area contributed by atoms with Crippen molar-refractivity contribution in [1.29, 1.82) is 0 Å². The summed E-state index contributed by atoms with van der Waals surface area (Å²) >= 11 is 0. The minimum absolute atomic E-state index is 0.134. The van der Waals surface area contributed by atoms with Gasteiger partial charge in [-0.15, -0.1) is 0 Å². The third kappa shape index (κ3) is 8.68. The van der Waals surface area contributed by atoms with Crippen LogP contribution in [0.3, 0.4) is 0 Å². The van der Waals surface area contributed by atoms with Crippen molar-refractivity contribution in [3.8, 4) is 39.2 Å². The predicted molar refractivity (Wildman–Crippen MR) is 225 cm³/mol. The highest BCUT2D eigenvalue weighted by Crippen LogP contribution is 2.43. The van der Waals surface area contributed by atoms with Gasteiger partial charge < -0.3 is 10.6 Å². The van der Waals surface area contributed by atoms with Crippen LogP contribution in [-0.2, 0) is 13.2 Å². The monoisotopic (exact) mass is 840 g/mol. The lowest BCUT2D eigenvalue weighted by atomic mass is 9.90. The van der Waals surface area contributed by atoms with Gasteiger partial charge in [-0.1, -0.05) is 30.3 Å². The molecule has 312 valence electrons. The number of anilines is 1. The minimum atomic E-state index is -4.56. The number of nitrogens with zero attached hydrogens (tertiary/aromatic N) is 6. The molecular formula is C47H37F5N8O2. The van der Waals surface area contributed by atoms with Crippen LogP contribution in [0.4, 0.5) is 27.6 Å². The second-order valence-corrected chi connectivity index (χ2v) is 14.8. The molecule has 4 aromatic heterocycles. The first-order valence-electron chi connectivity index (χ1n) is 19.5. The van der Waals surface area contributed by atoms with E-state index in [4.69, 9.17) is 4.98 Å². The summed E-state index contributed by atoms with van der Waals surface area (Å²) in [6, 6.07) is 26.6. The number of carbonyl (C=O) groups excluding carboxylic acids is 2. The molecule has 0 spiro atoms. The van der Waals surface area contributed by atoms with Crippen molar-refractivity contribution >= 4 is 28.5 Å². The second kappa shape index (κ2) is 16.8. The average Bonchev–Trinajstić information content (AvgIpc) is 3.87. The smallest absolute Gasteiger partial charge is 0.349 e. The van der Waals surface area contributed by atoms with Crippen molar-refractivity contribution in [2.75, 3.05) is 5.32 Å². The van der Waals surface area contributed by atoms with Crippen LogP contribution < -0.4 is 10.6 Å². The maximum absolute atomic E-state index is 13.7. The van der Waals surface area contributed by atoms with Crippen LogP contribution in [0.5, 0.6) is 0 Å². The van der Waals surface area contributed by atoms with E-state index >= 15 is 0 Å². The van der Waals surface area contributed by atoms with Crippen LogP contribution in [0.2, 0.25) is 0 Å². The Bertz CT molecular complexity index is 2940. The Morgan fingerprint density at radius 3 is 2.08 bits per heavy atom. The zero-order valence-electron chi connectivity index (χ0n) is 33.5. The molecule has 1 fully saturated rings. The van der Waals surface area contributed by atoms with E-state index in [9.17, 15) is 31.5 Å². The number of aromatic nitrogens is 6. The number of nitrogens with one attached hydrogen (secondary N) is 2. The van der Waals surface area contributed by atoms with Gasteiger partial charge in [-0.25, -0.2) is 18.4 Å². The largest absolute Gasteiger partial charge is 0.418 e. The number of halogens is 5. The number of alkyl halides is 3. The van der Waals surface area contributed by atoms with E-state index in [-0.39, 0.29) is 40.5 Å². The molecular weight excluding hydrogens is 804 g/mol. The molecule has 1 aliphatic carbocycles. The number of hydrogen-bond donors (Lipinski definition) is 2. The van der Waals surface area contributed by atoms with Gasteiger partial charge in [0.05, 0.1) is 34.4 Å². The van der Waals surface area contributed by atoms with Gasteiger partial charge in [0.2, 0.25) is 0 Å². The second-order valence-electron chi connectivity index (χ2n) is 14.8. The van der Waals surface area contributed by atoms with Gasteiger partial charge in [0, 0.05) is 65.0 Å². The number of aryl methyl sites for hydroxylation is 2. The molecule has 2 N–H and O–H groups in total. The molecule has 0 radical (unpaired) electrons. The Balaban J connectivity index is 0.000000171. The minimum Gasteiger partial charge on any atom is -0.349 e. The van der Waals surface area contributed by atoms with E-state index < -0.39 is 17.6 Å². The Hall–Kier alpha value is -7.55. The highest BCUT2D eigenvalue weighted by molar-refractivity contribution is 6.07. The fourth-order valence-electron chi connectivity index (χ4n) is 7.04. The normalized spacial score (nSPS) is 12.5. The molecule has 4 heterocycles. The first kappa shape index (κ1) is 41.2. The van der Waals surface area contributed by atoms with Gasteiger partial charge in [-0.05, 0) is 116 Å². The molecule has 0 saturated heterocycles. The Labute approximate surface area is 352 Å². The summed E-state index contributed by atoms with van der Waals surface area (Å²) in [5.41, 5.74) is 6.49. The lowest BCUT2D eigenvalue weighted by Gasteiger charge is -2.16. The zero-order chi connectivity index (χ0) is 43.7. The van der Waals surface area contributed by atoms with Crippen molar-refractivity contribution in [2.45, 2.75) is 38.9 Å². The van der Waals surface area contributed by atoms with E-state index in [0.717, 1.165) is 62.4 Å². The van der Waals surface area contributed by atoms with Crippen molar-refractivity contribution < 1.29 is 31.5 Å². The van der Waals surface area contributed by atoms with Crippen molar-refractivity contribution in [1.82, 2.24) is 34.8 Å². The van der Waals surface area contributed by atoms with Gasteiger partial charge in [-0.2, -0.15) is 23.4 Å². The molecule has 0 aliphatic heterocycles. The lowest BCUT2D eigenvalue weighted by molar-refractivity contribution is -0.137. The molecule has 2 amide bonds. The molecule has 0 unspecified atom stereocenters. The predicted octanol–water partition coefficient (Wildman–Crippen LogP) is 10.3. The number of hydrogen-bond acceptors (Lipinski definition) is 6. The SMILES string of the molecule is Cc1ccc(C(=O)NC2CC2)cc1NC(=O)c1cnn(-c2ccccc2C(F)(F)F)c1C.Cn1cc2c(-c3ccc(F)cc3)c(-c3ccncc3)c(-c3ccc(F)cc3)nc2n1. The van der Waals surface area contributed by atoms with Gasteiger partial charge in [-0.3, -0.25) is 19.3 Å². The maximum atomic E-state index is 13.7. The number of rotatable bonds is 8. The molecule has 1 aliphatic rings. The molecule has 8 aromatic rings. The molecule has 15 heteroatoms. The Morgan fingerprint density at radius 1 is 0.774 bits per heavy atom. The molecule has 0 atom stereocenters. The highest BCUT2D eigenvalue weighted by atomic mass is 19.4. The summed E-state index contributed by atoms with van der Waals surface area (Å²) in [5, 5.41) is 15.0. The van der Waals surface area contributed by atoms with Gasteiger partial charge in [0.25, 0.3) is 11.8 Å². The van der Waals surface area contributed by atoms with E-state index in [1.54, 1.807) is 66.5 Å². The van der Waals surface area contributed by atoms with Crippen molar-refractivity contribution in [3.05, 3.63) is 167 Å². The zero-order valence-corrected chi connectivity index (χ0v) is 33.5. The fourth-order valence-corrected chi connectivity index (χ4v) is 7.04. The Kier molecular flexibility index (Phi) is 11.2. The number of para-hydroxylation sites is 1. The molecule has 9 rings (SSSR count). The quantitative estimate of drug-likeness (QED) is 0.147. The van der Waals surface area contributed by atoms with Crippen LogP contribution in [0.1, 0.15) is 50.4 Å². The summed E-state index contributed by atoms with van der Waals surface area (Å²) in [4.78, 5) is 34.2. The molecule has 4 aromatic carbocycles. The van der Waals surface area contributed by atoms with Gasteiger partial charge in [0.1, 0.15) is 11.6 Å². The maximum Gasteiger partial charge on any atom is 0.418 e. The van der Waals surface area contributed by atoms with Crippen LogP contribution in [0, 0.1) is 25.5 Å². The fraction of sp³-hybridized carbons (Fsp3) is 0.149. The average molecular weight is 841 g/mol. The van der Waals surface area contributed by atoms with Crippen molar-refractivity contribution in [2.24, 2.45) is 7.05 Å². The van der Waals surface area contributed by atoms with Crippen LogP contribution in [-0.4, -0.2) is 47.4 Å². The summed E-state index contributed by atoms with van der Waals surface area (Å²) < 4.78 is 70.2. The van der Waals surface area contributed by atoms with Crippen LogP contribution in [0.25, 0.3) is 50.2 Å². The highest BCUT2D eigenvalue weighted by Gasteiger charge is 2.34. The summed E-state index contributed by atoms with van der Waals surface area (Å²) in [5.74, 6) is -1.36. The topological polar surface area (TPSA) is 120 Å². The van der Waals surface area contributed by atoms with E-state index in [2.05, 4.69) is 25.8 Å². The van der Waals surface area contributed by atoms with E-state index in [0.29, 0.717) is 22.6 Å². The van der Waals surface area contributed by atoms with Crippen molar-refractivity contribution in [3.63, 3.8) is 0 Å². The van der Waals surface area contributed by atoms with Crippen LogP contribution >= 0.6 is 0 Å². The molecule has 10 nitrogen and oxygen atoms in total. The number of benzene rings is 4. The van der Waals surface area contributed by atoms with E-state index in [1.165, 1.54) is 55.6 Å². The van der Waals surface area contributed by atoms with Gasteiger partial charge >= 0.3 is 6.18 Å². The first-order chi connectivity index (χ1) is 29.7. The third-order valence-corrected chi connectivity index (χ3v) is 10.4. The number of carbonyl (C=O) groups is 2. The molecule has 1 saturated carbocycles. The number of amides is 2. The lowest BCUT2D eigenvalue weighted by Crippen LogP contribution is -2.25. The summed E-state index contributed by atoms with van der Waals surface area (Å²) in [6.07, 6.45) is 3.92.